The first-order valence-electron chi connectivity index (χ1n) is 5.76. The molecular formula is C14H11F4NO. The van der Waals surface area contributed by atoms with Crippen molar-refractivity contribution in [3.05, 3.63) is 64.7 Å². The lowest BCUT2D eigenvalue weighted by Gasteiger charge is -2.18. The lowest BCUT2D eigenvalue weighted by molar-refractivity contribution is -0.139. The van der Waals surface area contributed by atoms with Gasteiger partial charge in [0.05, 0.1) is 5.56 Å². The van der Waals surface area contributed by atoms with Gasteiger partial charge in [-0.05, 0) is 19.1 Å². The van der Waals surface area contributed by atoms with E-state index in [0.717, 1.165) is 24.5 Å². The monoisotopic (exact) mass is 285 g/mol. The number of alkyl halides is 3. The van der Waals surface area contributed by atoms with Crippen molar-refractivity contribution in [2.45, 2.75) is 19.2 Å². The highest BCUT2D eigenvalue weighted by Crippen LogP contribution is 2.36. The van der Waals surface area contributed by atoms with E-state index < -0.39 is 29.2 Å². The van der Waals surface area contributed by atoms with Gasteiger partial charge in [-0.3, -0.25) is 4.98 Å². The molecule has 2 aromatic rings. The number of pyridine rings is 1. The highest BCUT2D eigenvalue weighted by atomic mass is 19.4. The Bertz CT molecular complexity index is 625. The van der Waals surface area contributed by atoms with Gasteiger partial charge in [0.1, 0.15) is 11.9 Å². The average Bonchev–Trinajstić information content (AvgIpc) is 2.40. The summed E-state index contributed by atoms with van der Waals surface area (Å²) in [5.74, 6) is -0.764. The molecule has 6 heteroatoms. The predicted octanol–water partition coefficient (Wildman–Crippen LogP) is 3.63. The zero-order chi connectivity index (χ0) is 14.9. The van der Waals surface area contributed by atoms with Crippen LogP contribution in [0.15, 0.2) is 36.7 Å². The molecule has 0 aliphatic rings. The molecule has 1 unspecified atom stereocenters. The Labute approximate surface area is 112 Å². The molecule has 0 amide bonds. The minimum Gasteiger partial charge on any atom is -0.383 e. The standard InChI is InChI=1S/C14H11F4NO/c1-8-2-3-12(15)9(6-8)13(20)10-7-19-5-4-11(10)14(16,17)18/h2-7,13,20H,1H3. The van der Waals surface area contributed by atoms with E-state index in [1.54, 1.807) is 6.92 Å². The number of aliphatic hydroxyl groups excluding tert-OH is 1. The number of aryl methyl sites for hydroxylation is 1. The maximum Gasteiger partial charge on any atom is 0.416 e. The van der Waals surface area contributed by atoms with Crippen LogP contribution in [0.3, 0.4) is 0 Å². The summed E-state index contributed by atoms with van der Waals surface area (Å²) in [6, 6.07) is 4.65. The molecule has 1 N–H and O–H groups in total. The van der Waals surface area contributed by atoms with Gasteiger partial charge in [0, 0.05) is 23.5 Å². The molecule has 1 aromatic carbocycles. The second kappa shape index (κ2) is 5.20. The van der Waals surface area contributed by atoms with Crippen molar-refractivity contribution in [1.29, 1.82) is 0 Å². The number of rotatable bonds is 2. The van der Waals surface area contributed by atoms with Crippen LogP contribution in [-0.2, 0) is 6.18 Å². The van der Waals surface area contributed by atoms with Crippen molar-refractivity contribution in [3.8, 4) is 0 Å². The fourth-order valence-electron chi connectivity index (χ4n) is 1.92. The van der Waals surface area contributed by atoms with Crippen molar-refractivity contribution in [2.75, 3.05) is 0 Å². The average molecular weight is 285 g/mol. The van der Waals surface area contributed by atoms with Crippen molar-refractivity contribution < 1.29 is 22.7 Å². The summed E-state index contributed by atoms with van der Waals surface area (Å²) in [6.45, 7) is 1.66. The van der Waals surface area contributed by atoms with Crippen LogP contribution in [-0.4, -0.2) is 10.1 Å². The van der Waals surface area contributed by atoms with E-state index in [1.807, 2.05) is 0 Å². The van der Waals surface area contributed by atoms with E-state index in [-0.39, 0.29) is 5.56 Å². The highest BCUT2D eigenvalue weighted by molar-refractivity contribution is 5.37. The van der Waals surface area contributed by atoms with E-state index in [4.69, 9.17) is 0 Å². The number of aromatic nitrogens is 1. The van der Waals surface area contributed by atoms with Crippen molar-refractivity contribution in [2.24, 2.45) is 0 Å². The molecule has 1 heterocycles. The quantitative estimate of drug-likeness (QED) is 0.855. The molecule has 2 rings (SSSR count). The fourth-order valence-corrected chi connectivity index (χ4v) is 1.92. The Morgan fingerprint density at radius 3 is 2.50 bits per heavy atom. The van der Waals surface area contributed by atoms with Crippen LogP contribution in [0.5, 0.6) is 0 Å². The number of halogens is 4. The molecule has 0 aliphatic carbocycles. The van der Waals surface area contributed by atoms with Crippen LogP contribution in [0.2, 0.25) is 0 Å². The normalized spacial score (nSPS) is 13.3. The van der Waals surface area contributed by atoms with E-state index in [0.29, 0.717) is 5.56 Å². The lowest BCUT2D eigenvalue weighted by Crippen LogP contribution is -2.14. The number of nitrogens with zero attached hydrogens (tertiary/aromatic N) is 1. The van der Waals surface area contributed by atoms with Crippen LogP contribution in [0.1, 0.15) is 28.4 Å². The molecule has 0 bridgehead atoms. The molecular weight excluding hydrogens is 274 g/mol. The Hall–Kier alpha value is -1.95. The van der Waals surface area contributed by atoms with Crippen molar-refractivity contribution in [3.63, 3.8) is 0 Å². The second-order valence-corrected chi connectivity index (χ2v) is 4.39. The van der Waals surface area contributed by atoms with Gasteiger partial charge in [-0.15, -0.1) is 0 Å². The van der Waals surface area contributed by atoms with Gasteiger partial charge in [0.15, 0.2) is 0 Å². The van der Waals surface area contributed by atoms with E-state index in [1.165, 1.54) is 12.1 Å². The molecule has 0 saturated heterocycles. The minimum absolute atomic E-state index is 0.205. The smallest absolute Gasteiger partial charge is 0.383 e. The molecule has 20 heavy (non-hydrogen) atoms. The van der Waals surface area contributed by atoms with Gasteiger partial charge in [0.25, 0.3) is 0 Å². The largest absolute Gasteiger partial charge is 0.416 e. The molecule has 1 aromatic heterocycles. The summed E-state index contributed by atoms with van der Waals surface area (Å²) in [7, 11) is 0. The topological polar surface area (TPSA) is 33.1 Å². The second-order valence-electron chi connectivity index (χ2n) is 4.39. The zero-order valence-corrected chi connectivity index (χ0v) is 10.4. The predicted molar refractivity (Wildman–Crippen MR) is 64.4 cm³/mol. The Balaban J connectivity index is 2.54. The van der Waals surface area contributed by atoms with Gasteiger partial charge in [0.2, 0.25) is 0 Å². The number of benzene rings is 1. The van der Waals surface area contributed by atoms with Crippen LogP contribution in [0.25, 0.3) is 0 Å². The first-order chi connectivity index (χ1) is 9.30. The summed E-state index contributed by atoms with van der Waals surface area (Å²) in [4.78, 5) is 3.58. The van der Waals surface area contributed by atoms with Crippen LogP contribution < -0.4 is 0 Å². The molecule has 0 radical (unpaired) electrons. The van der Waals surface area contributed by atoms with Crippen LogP contribution >= 0.6 is 0 Å². The Morgan fingerprint density at radius 1 is 1.15 bits per heavy atom. The molecule has 0 spiro atoms. The minimum atomic E-state index is -4.64. The number of hydrogen-bond acceptors (Lipinski definition) is 2. The highest BCUT2D eigenvalue weighted by Gasteiger charge is 2.35. The summed E-state index contributed by atoms with van der Waals surface area (Å²) in [6.07, 6.45) is -4.49. The first kappa shape index (κ1) is 14.5. The maximum atomic E-state index is 13.7. The summed E-state index contributed by atoms with van der Waals surface area (Å²) in [5.41, 5.74) is -1.06. The lowest BCUT2D eigenvalue weighted by atomic mass is 9.97. The Morgan fingerprint density at radius 2 is 1.85 bits per heavy atom. The van der Waals surface area contributed by atoms with E-state index >= 15 is 0 Å². The first-order valence-corrected chi connectivity index (χ1v) is 5.76. The molecule has 0 saturated carbocycles. The van der Waals surface area contributed by atoms with Gasteiger partial charge in [-0.25, -0.2) is 4.39 Å². The van der Waals surface area contributed by atoms with Gasteiger partial charge < -0.3 is 5.11 Å². The SMILES string of the molecule is Cc1ccc(F)c(C(O)c2cnccc2C(F)(F)F)c1. The summed E-state index contributed by atoms with van der Waals surface area (Å²) in [5, 5.41) is 10.1. The van der Waals surface area contributed by atoms with E-state index in [9.17, 15) is 22.7 Å². The van der Waals surface area contributed by atoms with Crippen LogP contribution in [0.4, 0.5) is 17.6 Å². The number of hydrogen-bond donors (Lipinski definition) is 1. The molecule has 0 fully saturated rings. The van der Waals surface area contributed by atoms with Crippen molar-refractivity contribution >= 4 is 0 Å². The van der Waals surface area contributed by atoms with E-state index in [2.05, 4.69) is 4.98 Å². The third-order valence-electron chi connectivity index (χ3n) is 2.90. The van der Waals surface area contributed by atoms with Gasteiger partial charge in [-0.1, -0.05) is 17.7 Å². The number of aliphatic hydroxyl groups is 1. The molecule has 106 valence electrons. The third kappa shape index (κ3) is 2.80. The molecule has 0 aliphatic heterocycles. The van der Waals surface area contributed by atoms with Gasteiger partial charge in [-0.2, -0.15) is 13.2 Å². The third-order valence-corrected chi connectivity index (χ3v) is 2.90. The molecule has 1 atom stereocenters. The fraction of sp³-hybridized carbons (Fsp3) is 0.214. The summed E-state index contributed by atoms with van der Waals surface area (Å²) >= 11 is 0. The van der Waals surface area contributed by atoms with Crippen molar-refractivity contribution in [1.82, 2.24) is 4.98 Å². The molecule has 2 nitrogen and oxygen atoms in total. The summed E-state index contributed by atoms with van der Waals surface area (Å²) < 4.78 is 52.3. The van der Waals surface area contributed by atoms with Gasteiger partial charge >= 0.3 is 6.18 Å². The Kier molecular flexibility index (Phi) is 3.76. The maximum absolute atomic E-state index is 13.7. The van der Waals surface area contributed by atoms with Crippen LogP contribution in [0, 0.1) is 12.7 Å². The zero-order valence-electron chi connectivity index (χ0n) is 10.4.